The monoisotopic (exact) mass is 637 g/mol. The molecule has 4 aromatic rings. The van der Waals surface area contributed by atoms with Crippen LogP contribution in [0.1, 0.15) is 28.4 Å². The molecule has 2 aromatic heterocycles. The zero-order chi connectivity index (χ0) is 32.2. The quantitative estimate of drug-likeness (QED) is 0.0829. The van der Waals surface area contributed by atoms with Crippen molar-refractivity contribution in [1.29, 1.82) is 5.41 Å². The number of nitrogens with zero attached hydrogens (tertiary/aromatic N) is 5. The van der Waals surface area contributed by atoms with Gasteiger partial charge in [0, 0.05) is 30.2 Å². The molecule has 1 aliphatic heterocycles. The minimum absolute atomic E-state index is 0.0460. The molecule has 0 spiro atoms. The van der Waals surface area contributed by atoms with Gasteiger partial charge >= 0.3 is 5.97 Å². The Morgan fingerprint density at radius 3 is 2.60 bits per heavy atom. The first-order valence-electron chi connectivity index (χ1n) is 13.2. The molecule has 45 heavy (non-hydrogen) atoms. The van der Waals surface area contributed by atoms with E-state index < -0.39 is 40.9 Å². The number of halogens is 2. The third-order valence-corrected chi connectivity index (χ3v) is 7.16. The summed E-state index contributed by atoms with van der Waals surface area (Å²) in [6, 6.07) is 8.49. The molecule has 3 heterocycles. The number of benzene rings is 2. The van der Waals surface area contributed by atoms with Crippen LogP contribution in [0.15, 0.2) is 63.8 Å². The van der Waals surface area contributed by atoms with Crippen LogP contribution in [0.5, 0.6) is 34.8 Å². The van der Waals surface area contributed by atoms with Crippen LogP contribution in [0.2, 0.25) is 0 Å². The molecule has 5 N–H and O–H groups in total. The fourth-order valence-electron chi connectivity index (χ4n) is 4.10. The van der Waals surface area contributed by atoms with Gasteiger partial charge in [0.2, 0.25) is 17.4 Å². The summed E-state index contributed by atoms with van der Waals surface area (Å²) in [6.07, 6.45) is 1.85. The van der Waals surface area contributed by atoms with Crippen LogP contribution in [0.3, 0.4) is 0 Å². The van der Waals surface area contributed by atoms with E-state index in [1.54, 1.807) is 26.1 Å². The number of aromatic hydroxyl groups is 2. The molecule has 1 aliphatic rings. The minimum Gasteiger partial charge on any atom is -0.504 e. The number of rotatable bonds is 10. The standard InChI is InChI=1S/C29H25F2N7O6S/c1-3-42-28(41)17-12-36-29(37-26(17)40)45-15-5-7-20(16(11-15)25-34-8-9-38(25)2)43-23-18(30)13-35-27(22(23)31)44-21-10-14(24(32)33)4-6-19(21)39/h4-7,10-13,39H,3,8-9H2,1-2H3,(H3,32,33)(H,36,37,40). The normalized spacial score (nSPS) is 12.5. The lowest BCUT2D eigenvalue weighted by atomic mass is 10.1. The number of hydrogen-bond donors (Lipinski definition) is 4. The highest BCUT2D eigenvalue weighted by Gasteiger charge is 2.25. The van der Waals surface area contributed by atoms with E-state index in [2.05, 4.69) is 19.9 Å². The number of ether oxygens (including phenoxy) is 3. The number of pyridine rings is 1. The van der Waals surface area contributed by atoms with Gasteiger partial charge in [-0.25, -0.2) is 19.2 Å². The smallest absolute Gasteiger partial charge is 0.345 e. The van der Waals surface area contributed by atoms with Crippen molar-refractivity contribution in [3.05, 3.63) is 77.1 Å². The fourth-order valence-corrected chi connectivity index (χ4v) is 4.86. The Labute approximate surface area is 258 Å². The topological polar surface area (TPSA) is 189 Å². The highest BCUT2D eigenvalue weighted by molar-refractivity contribution is 7.99. The number of phenols is 1. The Hall–Kier alpha value is -5.51. The number of nitrogens with one attached hydrogen (secondary N) is 1. The molecular formula is C29H25F2N7O6S. The number of likely N-dealkylation sites (N-methyl/N-ethyl adjacent to an activating group) is 1. The van der Waals surface area contributed by atoms with E-state index in [4.69, 9.17) is 25.4 Å². The van der Waals surface area contributed by atoms with Crippen molar-refractivity contribution in [2.45, 2.75) is 17.0 Å². The van der Waals surface area contributed by atoms with E-state index in [1.165, 1.54) is 24.3 Å². The summed E-state index contributed by atoms with van der Waals surface area (Å²) in [7, 11) is 1.80. The molecule has 0 atom stereocenters. The van der Waals surface area contributed by atoms with E-state index in [1.807, 2.05) is 4.90 Å². The molecule has 16 heteroatoms. The van der Waals surface area contributed by atoms with Gasteiger partial charge in [-0.05, 0) is 55.1 Å². The number of amidine groups is 2. The number of aliphatic imine (C=N–C) groups is 1. The third kappa shape index (κ3) is 6.70. The molecule has 0 saturated carbocycles. The van der Waals surface area contributed by atoms with Crippen LogP contribution in [-0.2, 0) is 4.74 Å². The summed E-state index contributed by atoms with van der Waals surface area (Å²) < 4.78 is 46.6. The van der Waals surface area contributed by atoms with Crippen LogP contribution in [-0.4, -0.2) is 74.4 Å². The molecule has 0 aliphatic carbocycles. The minimum atomic E-state index is -1.29. The molecule has 0 fully saturated rings. The van der Waals surface area contributed by atoms with Crippen molar-refractivity contribution in [2.24, 2.45) is 10.7 Å². The van der Waals surface area contributed by atoms with Crippen molar-refractivity contribution < 1.29 is 38.0 Å². The number of aromatic nitrogens is 3. The molecule has 2 aromatic carbocycles. The number of carbonyl (C=O) groups excluding carboxylic acids is 1. The van der Waals surface area contributed by atoms with E-state index in [0.29, 0.717) is 35.6 Å². The van der Waals surface area contributed by atoms with Gasteiger partial charge in [0.25, 0.3) is 5.88 Å². The third-order valence-electron chi connectivity index (χ3n) is 6.29. The highest BCUT2D eigenvalue weighted by Crippen LogP contribution is 2.39. The Morgan fingerprint density at radius 2 is 1.91 bits per heavy atom. The zero-order valence-electron chi connectivity index (χ0n) is 23.7. The second-order valence-corrected chi connectivity index (χ2v) is 10.4. The average molecular weight is 638 g/mol. The molecule has 0 bridgehead atoms. The van der Waals surface area contributed by atoms with E-state index >= 15 is 4.39 Å². The van der Waals surface area contributed by atoms with Crippen LogP contribution in [0.25, 0.3) is 0 Å². The fraction of sp³-hybridized carbons (Fsp3) is 0.172. The average Bonchev–Trinajstić information content (AvgIpc) is 3.43. The maximum atomic E-state index is 15.6. The molecular weight excluding hydrogens is 612 g/mol. The maximum Gasteiger partial charge on any atom is 0.345 e. The Bertz CT molecular complexity index is 1840. The van der Waals surface area contributed by atoms with Gasteiger partial charge in [0.1, 0.15) is 23.0 Å². The first-order chi connectivity index (χ1) is 21.5. The maximum absolute atomic E-state index is 15.6. The van der Waals surface area contributed by atoms with Crippen molar-refractivity contribution >= 4 is 29.4 Å². The van der Waals surface area contributed by atoms with Crippen molar-refractivity contribution in [3.63, 3.8) is 0 Å². The molecule has 0 saturated heterocycles. The Morgan fingerprint density at radius 1 is 1.11 bits per heavy atom. The predicted octanol–water partition coefficient (Wildman–Crippen LogP) is 4.45. The molecule has 0 radical (unpaired) electrons. The Kier molecular flexibility index (Phi) is 8.94. The lowest BCUT2D eigenvalue weighted by Gasteiger charge is -2.19. The van der Waals surface area contributed by atoms with Gasteiger partial charge in [0.05, 0.1) is 24.9 Å². The van der Waals surface area contributed by atoms with Crippen LogP contribution in [0.4, 0.5) is 8.78 Å². The second kappa shape index (κ2) is 13.0. The number of nitrogens with two attached hydrogens (primary N) is 1. The molecule has 0 amide bonds. The predicted molar refractivity (Wildman–Crippen MR) is 158 cm³/mol. The van der Waals surface area contributed by atoms with Gasteiger partial charge in [0.15, 0.2) is 22.5 Å². The van der Waals surface area contributed by atoms with E-state index in [-0.39, 0.29) is 40.2 Å². The number of esters is 1. The van der Waals surface area contributed by atoms with Crippen LogP contribution >= 0.6 is 11.8 Å². The van der Waals surface area contributed by atoms with Crippen molar-refractivity contribution in [2.75, 3.05) is 26.7 Å². The van der Waals surface area contributed by atoms with E-state index in [0.717, 1.165) is 18.0 Å². The summed E-state index contributed by atoms with van der Waals surface area (Å²) in [4.78, 5) is 30.6. The van der Waals surface area contributed by atoms with Gasteiger partial charge < -0.3 is 35.1 Å². The number of carbonyl (C=O) groups is 1. The van der Waals surface area contributed by atoms with Gasteiger partial charge in [-0.3, -0.25) is 10.4 Å². The molecule has 13 nitrogen and oxygen atoms in total. The lowest BCUT2D eigenvalue weighted by molar-refractivity contribution is 0.0521. The lowest BCUT2D eigenvalue weighted by Crippen LogP contribution is -2.24. The summed E-state index contributed by atoms with van der Waals surface area (Å²) in [5.41, 5.74) is 5.89. The summed E-state index contributed by atoms with van der Waals surface area (Å²) in [6.45, 7) is 2.82. The first kappa shape index (κ1) is 30.9. The molecule has 0 unspecified atom stereocenters. The highest BCUT2D eigenvalue weighted by atomic mass is 32.2. The SMILES string of the molecule is CCOC(=O)c1cnc(Sc2ccc(Oc3c(F)cnc(Oc4cc(C(=N)N)ccc4O)c3F)c(C3=NCCN3C)c2)nc1O. The number of phenolic OH excluding ortho intramolecular Hbond substituents is 1. The van der Waals surface area contributed by atoms with Crippen LogP contribution < -0.4 is 15.2 Å². The van der Waals surface area contributed by atoms with Gasteiger partial charge in [-0.15, -0.1) is 0 Å². The summed E-state index contributed by atoms with van der Waals surface area (Å²) in [5.74, 6) is -5.69. The van der Waals surface area contributed by atoms with Gasteiger partial charge in [-0.2, -0.15) is 9.37 Å². The van der Waals surface area contributed by atoms with Crippen molar-refractivity contribution in [3.8, 4) is 34.8 Å². The Balaban J connectivity index is 1.47. The summed E-state index contributed by atoms with van der Waals surface area (Å²) >= 11 is 1.05. The first-order valence-corrected chi connectivity index (χ1v) is 14.1. The molecule has 5 rings (SSSR count). The van der Waals surface area contributed by atoms with Crippen LogP contribution in [0, 0.1) is 17.0 Å². The van der Waals surface area contributed by atoms with Gasteiger partial charge in [-0.1, -0.05) is 0 Å². The second-order valence-electron chi connectivity index (χ2n) is 9.35. The zero-order valence-corrected chi connectivity index (χ0v) is 24.6. The van der Waals surface area contributed by atoms with Crippen molar-refractivity contribution in [1.82, 2.24) is 19.9 Å². The largest absolute Gasteiger partial charge is 0.504 e. The summed E-state index contributed by atoms with van der Waals surface area (Å²) in [5, 5.41) is 28.1. The number of hydrogen-bond acceptors (Lipinski definition) is 13. The molecule has 232 valence electrons. The number of nitrogen functional groups attached to an aromatic ring is 1. The van der Waals surface area contributed by atoms with E-state index in [9.17, 15) is 19.4 Å².